The molecule has 2 aliphatic heterocycles. The molecule has 3 unspecified atom stereocenters. The molecule has 124 valence electrons. The first-order valence-electron chi connectivity index (χ1n) is 8.74. The second kappa shape index (κ2) is 6.09. The summed E-state index contributed by atoms with van der Waals surface area (Å²) in [6.45, 7) is 7.28. The van der Waals surface area contributed by atoms with Gasteiger partial charge in [0, 0.05) is 25.0 Å². The van der Waals surface area contributed by atoms with Gasteiger partial charge in [-0.3, -0.25) is 4.99 Å². The van der Waals surface area contributed by atoms with Crippen LogP contribution in [-0.2, 0) is 4.74 Å². The molecule has 0 radical (unpaired) electrons. The number of likely N-dealkylation sites (tertiary alicyclic amines) is 1. The molecule has 0 bridgehead atoms. The van der Waals surface area contributed by atoms with Gasteiger partial charge >= 0.3 is 6.09 Å². The minimum atomic E-state index is -0.428. The Kier molecular flexibility index (Phi) is 4.33. The summed E-state index contributed by atoms with van der Waals surface area (Å²) in [6.07, 6.45) is 7.02. The minimum absolute atomic E-state index is 0.187. The zero-order valence-corrected chi connectivity index (χ0v) is 14.1. The lowest BCUT2D eigenvalue weighted by Crippen LogP contribution is -2.47. The number of nitrogens with one attached hydrogen (secondary N) is 1. The van der Waals surface area contributed by atoms with Crippen LogP contribution < -0.4 is 5.32 Å². The largest absolute Gasteiger partial charge is 0.444 e. The standard InChI is InChI=1S/C17H29N3O2/c1-17(2,3)22-16(21)20-10-6-7-12(11-20)15-18-13-8-4-5-9-14(13)19-15/h12-14H,4-11H2,1-3H3,(H,18,19). The molecular weight excluding hydrogens is 278 g/mol. The van der Waals surface area contributed by atoms with Gasteiger partial charge in [-0.25, -0.2) is 4.79 Å². The zero-order chi connectivity index (χ0) is 15.7. The molecule has 1 aliphatic carbocycles. The van der Waals surface area contributed by atoms with E-state index >= 15 is 0 Å². The van der Waals surface area contributed by atoms with Gasteiger partial charge in [0.15, 0.2) is 0 Å². The van der Waals surface area contributed by atoms with Crippen LogP contribution >= 0.6 is 0 Å². The Morgan fingerprint density at radius 2 is 2.00 bits per heavy atom. The van der Waals surface area contributed by atoms with Gasteiger partial charge in [0.2, 0.25) is 0 Å². The predicted octanol–water partition coefficient (Wildman–Crippen LogP) is 2.95. The van der Waals surface area contributed by atoms with Crippen molar-refractivity contribution in [1.82, 2.24) is 10.2 Å². The first kappa shape index (κ1) is 15.6. The molecular formula is C17H29N3O2. The SMILES string of the molecule is CC(C)(C)OC(=O)N1CCCC(C2=NC3CCCCC3N2)C1. The summed E-state index contributed by atoms with van der Waals surface area (Å²) in [5.41, 5.74) is -0.428. The maximum absolute atomic E-state index is 12.3. The van der Waals surface area contributed by atoms with Crippen molar-refractivity contribution < 1.29 is 9.53 Å². The highest BCUT2D eigenvalue weighted by Gasteiger charge is 2.36. The van der Waals surface area contributed by atoms with E-state index in [4.69, 9.17) is 9.73 Å². The fraction of sp³-hybridized carbons (Fsp3) is 0.882. The lowest BCUT2D eigenvalue weighted by molar-refractivity contribution is 0.0193. The number of carbonyl (C=O) groups excluding carboxylic acids is 1. The maximum atomic E-state index is 12.3. The van der Waals surface area contributed by atoms with Crippen LogP contribution in [0.5, 0.6) is 0 Å². The summed E-state index contributed by atoms with van der Waals surface area (Å²) in [5.74, 6) is 1.50. The number of rotatable bonds is 1. The van der Waals surface area contributed by atoms with Crippen molar-refractivity contribution in [2.24, 2.45) is 10.9 Å². The number of amidine groups is 1. The Morgan fingerprint density at radius 1 is 1.23 bits per heavy atom. The number of fused-ring (bicyclic) bond motifs is 1. The van der Waals surface area contributed by atoms with Crippen LogP contribution in [-0.4, -0.2) is 47.6 Å². The number of hydrogen-bond acceptors (Lipinski definition) is 4. The van der Waals surface area contributed by atoms with Crippen molar-refractivity contribution in [1.29, 1.82) is 0 Å². The molecule has 1 N–H and O–H groups in total. The molecule has 1 saturated heterocycles. The Bertz CT molecular complexity index is 455. The third-order valence-electron chi connectivity index (χ3n) is 4.83. The highest BCUT2D eigenvalue weighted by atomic mass is 16.6. The smallest absolute Gasteiger partial charge is 0.410 e. The number of carbonyl (C=O) groups is 1. The molecule has 3 atom stereocenters. The van der Waals surface area contributed by atoms with Crippen LogP contribution in [0, 0.1) is 5.92 Å². The Morgan fingerprint density at radius 3 is 2.73 bits per heavy atom. The molecule has 3 aliphatic rings. The molecule has 0 spiro atoms. The highest BCUT2D eigenvalue weighted by Crippen LogP contribution is 2.28. The van der Waals surface area contributed by atoms with E-state index < -0.39 is 5.60 Å². The van der Waals surface area contributed by atoms with Crippen LogP contribution in [0.2, 0.25) is 0 Å². The van der Waals surface area contributed by atoms with Crippen molar-refractivity contribution in [3.05, 3.63) is 0 Å². The molecule has 2 heterocycles. The zero-order valence-electron chi connectivity index (χ0n) is 14.1. The quantitative estimate of drug-likeness (QED) is 0.810. The highest BCUT2D eigenvalue weighted by molar-refractivity contribution is 5.87. The van der Waals surface area contributed by atoms with Crippen molar-refractivity contribution in [2.45, 2.75) is 77.0 Å². The van der Waals surface area contributed by atoms with Crippen LogP contribution in [0.15, 0.2) is 4.99 Å². The topological polar surface area (TPSA) is 53.9 Å². The summed E-state index contributed by atoms with van der Waals surface area (Å²) in [4.78, 5) is 19.1. The van der Waals surface area contributed by atoms with Gasteiger partial charge in [-0.05, 0) is 46.5 Å². The van der Waals surface area contributed by atoms with Gasteiger partial charge in [0.25, 0.3) is 0 Å². The predicted molar refractivity (Wildman–Crippen MR) is 87.1 cm³/mol. The fourth-order valence-electron chi connectivity index (χ4n) is 3.76. The van der Waals surface area contributed by atoms with Gasteiger partial charge < -0.3 is 15.0 Å². The molecule has 3 rings (SSSR count). The third kappa shape index (κ3) is 3.55. The molecule has 2 fully saturated rings. The first-order valence-corrected chi connectivity index (χ1v) is 8.74. The normalized spacial score (nSPS) is 32.0. The number of piperidine rings is 1. The first-order chi connectivity index (χ1) is 10.4. The third-order valence-corrected chi connectivity index (χ3v) is 4.83. The van der Waals surface area contributed by atoms with Crippen molar-refractivity contribution in [2.75, 3.05) is 13.1 Å². The maximum Gasteiger partial charge on any atom is 0.410 e. The lowest BCUT2D eigenvalue weighted by Gasteiger charge is -2.34. The molecule has 0 aromatic rings. The molecule has 5 nitrogen and oxygen atoms in total. The number of aliphatic imine (C=N–C) groups is 1. The van der Waals surface area contributed by atoms with Gasteiger partial charge in [-0.15, -0.1) is 0 Å². The van der Waals surface area contributed by atoms with E-state index in [1.54, 1.807) is 0 Å². The number of ether oxygens (including phenoxy) is 1. The van der Waals surface area contributed by atoms with Gasteiger partial charge in [-0.1, -0.05) is 12.8 Å². The summed E-state index contributed by atoms with van der Waals surface area (Å²) in [5, 5.41) is 3.64. The van der Waals surface area contributed by atoms with Crippen LogP contribution in [0.1, 0.15) is 59.3 Å². The Balaban J connectivity index is 1.60. The molecule has 22 heavy (non-hydrogen) atoms. The number of amides is 1. The second-order valence-electron chi connectivity index (χ2n) is 7.88. The van der Waals surface area contributed by atoms with E-state index in [1.807, 2.05) is 25.7 Å². The van der Waals surface area contributed by atoms with Crippen molar-refractivity contribution >= 4 is 11.9 Å². The monoisotopic (exact) mass is 307 g/mol. The van der Waals surface area contributed by atoms with Crippen LogP contribution in [0.25, 0.3) is 0 Å². The van der Waals surface area contributed by atoms with Crippen molar-refractivity contribution in [3.63, 3.8) is 0 Å². The van der Waals surface area contributed by atoms with E-state index in [1.165, 1.54) is 25.7 Å². The molecule has 1 saturated carbocycles. The fourth-order valence-corrected chi connectivity index (χ4v) is 3.76. The molecule has 5 heteroatoms. The van der Waals surface area contributed by atoms with E-state index in [-0.39, 0.29) is 6.09 Å². The van der Waals surface area contributed by atoms with E-state index in [2.05, 4.69) is 5.32 Å². The average molecular weight is 307 g/mol. The van der Waals surface area contributed by atoms with Crippen molar-refractivity contribution in [3.8, 4) is 0 Å². The van der Waals surface area contributed by atoms with E-state index in [0.717, 1.165) is 31.8 Å². The lowest BCUT2D eigenvalue weighted by atomic mass is 9.92. The second-order valence-corrected chi connectivity index (χ2v) is 7.88. The molecule has 0 aromatic heterocycles. The Labute approximate surface area is 133 Å². The van der Waals surface area contributed by atoms with Gasteiger partial charge in [0.05, 0.1) is 6.04 Å². The van der Waals surface area contributed by atoms with Crippen LogP contribution in [0.4, 0.5) is 4.79 Å². The average Bonchev–Trinajstić information content (AvgIpc) is 2.89. The van der Waals surface area contributed by atoms with E-state index in [9.17, 15) is 4.79 Å². The van der Waals surface area contributed by atoms with Gasteiger partial charge in [-0.2, -0.15) is 0 Å². The number of hydrogen-bond donors (Lipinski definition) is 1. The summed E-state index contributed by atoms with van der Waals surface area (Å²) in [6, 6.07) is 1.02. The summed E-state index contributed by atoms with van der Waals surface area (Å²) < 4.78 is 5.51. The summed E-state index contributed by atoms with van der Waals surface area (Å²) >= 11 is 0. The molecule has 0 aromatic carbocycles. The number of nitrogens with zero attached hydrogens (tertiary/aromatic N) is 2. The minimum Gasteiger partial charge on any atom is -0.444 e. The van der Waals surface area contributed by atoms with Gasteiger partial charge in [0.1, 0.15) is 11.4 Å². The summed E-state index contributed by atoms with van der Waals surface area (Å²) in [7, 11) is 0. The van der Waals surface area contributed by atoms with E-state index in [0.29, 0.717) is 18.0 Å². The molecule has 1 amide bonds. The van der Waals surface area contributed by atoms with Crippen LogP contribution in [0.3, 0.4) is 0 Å². The Hall–Kier alpha value is -1.26.